The fourth-order valence-electron chi connectivity index (χ4n) is 4.29. The molecule has 6 heteroatoms. The van der Waals surface area contributed by atoms with Crippen LogP contribution in [0.1, 0.15) is 48.3 Å². The van der Waals surface area contributed by atoms with E-state index in [1.54, 1.807) is 6.20 Å². The Labute approximate surface area is 210 Å². The van der Waals surface area contributed by atoms with Gasteiger partial charge in [0.1, 0.15) is 11.5 Å². The van der Waals surface area contributed by atoms with Crippen LogP contribution in [0.4, 0.5) is 4.39 Å². The number of hydrogen-bond donors (Lipinski definition) is 2. The summed E-state index contributed by atoms with van der Waals surface area (Å²) in [4.78, 5) is 12.6. The normalized spacial score (nSPS) is 12.9. The molecule has 0 radical (unpaired) electrons. The molecule has 0 aliphatic rings. The number of allylic oxidation sites excluding steroid dienone is 5. The summed E-state index contributed by atoms with van der Waals surface area (Å²) in [6.07, 6.45) is 10.2. The van der Waals surface area contributed by atoms with Gasteiger partial charge in [0.15, 0.2) is 0 Å². The summed E-state index contributed by atoms with van der Waals surface area (Å²) < 4.78 is 14.2. The van der Waals surface area contributed by atoms with E-state index in [0.717, 1.165) is 62.4 Å². The average molecular weight is 480 g/mol. The van der Waals surface area contributed by atoms with Crippen LogP contribution in [0, 0.1) is 19.7 Å². The number of nitrogens with zero attached hydrogens (tertiary/aromatic N) is 3. The van der Waals surface area contributed by atoms with Crippen molar-refractivity contribution in [3.63, 3.8) is 0 Å². The van der Waals surface area contributed by atoms with E-state index in [2.05, 4.69) is 51.3 Å². The monoisotopic (exact) mass is 479 g/mol. The van der Waals surface area contributed by atoms with E-state index >= 15 is 0 Å². The molecule has 0 saturated carbocycles. The molecule has 3 aromatic heterocycles. The minimum absolute atomic E-state index is 0.301. The first-order chi connectivity index (χ1) is 17.4. The number of aromatic amines is 2. The number of benzene rings is 1. The summed E-state index contributed by atoms with van der Waals surface area (Å²) in [5.41, 5.74) is 9.37. The van der Waals surface area contributed by atoms with Gasteiger partial charge >= 0.3 is 0 Å². The maximum absolute atomic E-state index is 14.2. The molecule has 2 N–H and O–H groups in total. The summed E-state index contributed by atoms with van der Waals surface area (Å²) in [6.45, 7) is 15.6. The molecule has 0 amide bonds. The molecular formula is C30H30FN5. The minimum Gasteiger partial charge on any atom is -0.357 e. The van der Waals surface area contributed by atoms with E-state index in [4.69, 9.17) is 0 Å². The van der Waals surface area contributed by atoms with E-state index in [9.17, 15) is 4.39 Å². The van der Waals surface area contributed by atoms with E-state index < -0.39 is 0 Å². The standard InChI is InChI=1S/C30H30FN5/c1-7-20(8-2)13-21(9-3)26-16-25-28(17-33-26)35-36-30(25)27-15-24(19(6)34-27)29(32-10-4)22-11-18(5)12-23(31)14-22/h7,9-17,34H,1,4,8H2,2-3,5-6H3,(H,35,36)/b20-13+,21-9+,32-29?. The van der Waals surface area contributed by atoms with Gasteiger partial charge in [0.2, 0.25) is 0 Å². The molecule has 0 atom stereocenters. The van der Waals surface area contributed by atoms with Crippen LogP contribution in [0.5, 0.6) is 0 Å². The van der Waals surface area contributed by atoms with Crippen LogP contribution >= 0.6 is 0 Å². The molecule has 182 valence electrons. The van der Waals surface area contributed by atoms with Gasteiger partial charge in [-0.15, -0.1) is 0 Å². The zero-order valence-corrected chi connectivity index (χ0v) is 21.1. The Bertz CT molecular complexity index is 1520. The Morgan fingerprint density at radius 1 is 1.14 bits per heavy atom. The van der Waals surface area contributed by atoms with Crippen LogP contribution in [0.2, 0.25) is 0 Å². The van der Waals surface area contributed by atoms with Crippen molar-refractivity contribution in [3.05, 3.63) is 114 Å². The summed E-state index contributed by atoms with van der Waals surface area (Å²) in [6, 6.07) is 8.94. The lowest BCUT2D eigenvalue weighted by atomic mass is 10.00. The van der Waals surface area contributed by atoms with Crippen molar-refractivity contribution < 1.29 is 4.39 Å². The molecular weight excluding hydrogens is 449 g/mol. The number of fused-ring (bicyclic) bond motifs is 1. The molecule has 0 aliphatic heterocycles. The molecule has 0 unspecified atom stereocenters. The van der Waals surface area contributed by atoms with Gasteiger partial charge < -0.3 is 4.98 Å². The van der Waals surface area contributed by atoms with E-state index in [-0.39, 0.29) is 5.82 Å². The Hall–Kier alpha value is -4.32. The average Bonchev–Trinajstić information content (AvgIpc) is 3.45. The zero-order valence-electron chi connectivity index (χ0n) is 21.1. The molecule has 0 saturated heterocycles. The van der Waals surface area contributed by atoms with Crippen molar-refractivity contribution in [1.29, 1.82) is 0 Å². The molecule has 36 heavy (non-hydrogen) atoms. The Balaban J connectivity index is 1.82. The second kappa shape index (κ2) is 10.5. The predicted octanol–water partition coefficient (Wildman–Crippen LogP) is 7.62. The van der Waals surface area contributed by atoms with Gasteiger partial charge in [0.25, 0.3) is 0 Å². The summed E-state index contributed by atoms with van der Waals surface area (Å²) >= 11 is 0. The number of rotatable bonds is 8. The van der Waals surface area contributed by atoms with E-state index in [1.807, 2.05) is 51.1 Å². The predicted molar refractivity (Wildman–Crippen MR) is 148 cm³/mol. The van der Waals surface area contributed by atoms with Crippen LogP contribution in [-0.2, 0) is 0 Å². The third kappa shape index (κ3) is 4.89. The van der Waals surface area contributed by atoms with E-state index in [0.29, 0.717) is 11.3 Å². The maximum atomic E-state index is 14.2. The number of H-pyrrole nitrogens is 2. The van der Waals surface area contributed by atoms with Crippen LogP contribution in [0.3, 0.4) is 0 Å². The van der Waals surface area contributed by atoms with Crippen molar-refractivity contribution in [3.8, 4) is 11.4 Å². The molecule has 3 heterocycles. The molecule has 5 nitrogen and oxygen atoms in total. The maximum Gasteiger partial charge on any atom is 0.124 e. The lowest BCUT2D eigenvalue weighted by Gasteiger charge is -2.07. The highest BCUT2D eigenvalue weighted by molar-refractivity contribution is 6.14. The molecule has 0 spiro atoms. The number of aryl methyl sites for hydroxylation is 2. The molecule has 4 aromatic rings. The van der Waals surface area contributed by atoms with Crippen molar-refractivity contribution >= 4 is 22.2 Å². The van der Waals surface area contributed by atoms with Gasteiger partial charge in [0, 0.05) is 28.4 Å². The molecule has 0 fully saturated rings. The van der Waals surface area contributed by atoms with Crippen LogP contribution in [-0.4, -0.2) is 25.9 Å². The number of aliphatic imine (C=N–C) groups is 1. The van der Waals surface area contributed by atoms with Gasteiger partial charge in [-0.1, -0.05) is 32.2 Å². The lowest BCUT2D eigenvalue weighted by Crippen LogP contribution is -2.04. The minimum atomic E-state index is -0.301. The van der Waals surface area contributed by atoms with Crippen LogP contribution in [0.25, 0.3) is 27.9 Å². The fourth-order valence-corrected chi connectivity index (χ4v) is 4.29. The highest BCUT2D eigenvalue weighted by Gasteiger charge is 2.18. The van der Waals surface area contributed by atoms with Gasteiger partial charge in [-0.3, -0.25) is 15.1 Å². The second-order valence-corrected chi connectivity index (χ2v) is 8.61. The first-order valence-corrected chi connectivity index (χ1v) is 11.9. The highest BCUT2D eigenvalue weighted by Crippen LogP contribution is 2.30. The largest absolute Gasteiger partial charge is 0.357 e. The SMILES string of the molecule is C=CN=C(c1cc(C)cc(F)c1)c1cc(-c2n[nH]c3cnc(C(/C=C(\C=C)CC)=C/C)cc23)[nH]c1C. The third-order valence-electron chi connectivity index (χ3n) is 6.13. The van der Waals surface area contributed by atoms with Crippen molar-refractivity contribution in [2.24, 2.45) is 4.99 Å². The molecule has 0 aliphatic carbocycles. The number of halogens is 1. The van der Waals surface area contributed by atoms with Gasteiger partial charge in [-0.2, -0.15) is 5.10 Å². The number of aromatic nitrogens is 4. The Kier molecular flexibility index (Phi) is 7.25. The van der Waals surface area contributed by atoms with Crippen molar-refractivity contribution in [2.45, 2.75) is 34.1 Å². The van der Waals surface area contributed by atoms with Crippen LogP contribution < -0.4 is 0 Å². The fraction of sp³-hybridized carbons (Fsp3) is 0.167. The lowest BCUT2D eigenvalue weighted by molar-refractivity contribution is 0.626. The summed E-state index contributed by atoms with van der Waals surface area (Å²) in [7, 11) is 0. The number of pyridine rings is 1. The first kappa shape index (κ1) is 24.8. The first-order valence-electron chi connectivity index (χ1n) is 11.9. The highest BCUT2D eigenvalue weighted by atomic mass is 19.1. The third-order valence-corrected chi connectivity index (χ3v) is 6.13. The second-order valence-electron chi connectivity index (χ2n) is 8.61. The van der Waals surface area contributed by atoms with Gasteiger partial charge in [-0.25, -0.2) is 4.39 Å². The smallest absolute Gasteiger partial charge is 0.124 e. The van der Waals surface area contributed by atoms with Gasteiger partial charge in [-0.05, 0) is 80.3 Å². The number of nitrogens with one attached hydrogen (secondary N) is 2. The van der Waals surface area contributed by atoms with Crippen molar-refractivity contribution in [1.82, 2.24) is 20.2 Å². The topological polar surface area (TPSA) is 69.7 Å². The quantitative estimate of drug-likeness (QED) is 0.202. The van der Waals surface area contributed by atoms with Crippen LogP contribution in [0.15, 0.2) is 84.7 Å². The summed E-state index contributed by atoms with van der Waals surface area (Å²) in [5, 5.41) is 8.61. The Morgan fingerprint density at radius 3 is 2.61 bits per heavy atom. The zero-order chi connectivity index (χ0) is 25.8. The summed E-state index contributed by atoms with van der Waals surface area (Å²) in [5.74, 6) is -0.301. The van der Waals surface area contributed by atoms with Gasteiger partial charge in [0.05, 0.1) is 28.8 Å². The molecule has 4 rings (SSSR count). The molecule has 1 aromatic carbocycles. The molecule has 0 bridgehead atoms. The van der Waals surface area contributed by atoms with Crippen molar-refractivity contribution in [2.75, 3.05) is 0 Å². The Morgan fingerprint density at radius 2 is 1.94 bits per heavy atom. The van der Waals surface area contributed by atoms with E-state index in [1.165, 1.54) is 18.3 Å². The number of hydrogen-bond acceptors (Lipinski definition) is 3.